The Morgan fingerprint density at radius 2 is 2.15 bits per heavy atom. The molecule has 13 heavy (non-hydrogen) atoms. The maximum absolute atomic E-state index is 3.54. The number of aryl methyl sites for hydroxylation is 1. The van der Waals surface area contributed by atoms with Gasteiger partial charge in [-0.3, -0.25) is 0 Å². The number of hydrogen-bond acceptors (Lipinski definition) is 1. The van der Waals surface area contributed by atoms with Crippen molar-refractivity contribution in [1.29, 1.82) is 0 Å². The molecule has 1 N–H and O–H groups in total. The Labute approximate surface area is 80.2 Å². The lowest BCUT2D eigenvalue weighted by atomic mass is 9.97. The number of hydrogen-bond donors (Lipinski definition) is 1. The molecule has 0 radical (unpaired) electrons. The molecule has 0 aromatic heterocycles. The molecule has 1 heterocycles. The molecule has 0 spiro atoms. The van der Waals surface area contributed by atoms with Crippen LogP contribution in [0.15, 0.2) is 18.2 Å². The van der Waals surface area contributed by atoms with Crippen molar-refractivity contribution in [2.24, 2.45) is 0 Å². The van der Waals surface area contributed by atoms with Gasteiger partial charge in [0.15, 0.2) is 0 Å². The highest BCUT2D eigenvalue weighted by Gasteiger charge is 2.17. The average Bonchev–Trinajstić information content (AvgIpc) is 2.62. The lowest BCUT2D eigenvalue weighted by Crippen LogP contribution is -2.14. The summed E-state index contributed by atoms with van der Waals surface area (Å²) in [6.07, 6.45) is 2.61. The van der Waals surface area contributed by atoms with Gasteiger partial charge in [0.2, 0.25) is 0 Å². The average molecular weight is 175 g/mol. The van der Waals surface area contributed by atoms with E-state index in [9.17, 15) is 0 Å². The van der Waals surface area contributed by atoms with Gasteiger partial charge in [-0.2, -0.15) is 0 Å². The largest absolute Gasteiger partial charge is 0.310 e. The zero-order chi connectivity index (χ0) is 9.26. The van der Waals surface area contributed by atoms with Gasteiger partial charge in [-0.25, -0.2) is 0 Å². The zero-order valence-electron chi connectivity index (χ0n) is 8.43. The van der Waals surface area contributed by atoms with Crippen LogP contribution in [0.4, 0.5) is 0 Å². The van der Waals surface area contributed by atoms with Crippen LogP contribution in [0, 0.1) is 13.8 Å². The fraction of sp³-hybridized carbons (Fsp3) is 0.500. The predicted molar refractivity (Wildman–Crippen MR) is 55.9 cm³/mol. The molecule has 1 saturated heterocycles. The summed E-state index contributed by atoms with van der Waals surface area (Å²) in [5, 5.41) is 3.54. The summed E-state index contributed by atoms with van der Waals surface area (Å²) in [6, 6.07) is 7.22. The van der Waals surface area contributed by atoms with Gasteiger partial charge >= 0.3 is 0 Å². The Morgan fingerprint density at radius 3 is 2.85 bits per heavy atom. The molecule has 1 heteroatoms. The van der Waals surface area contributed by atoms with E-state index in [2.05, 4.69) is 37.4 Å². The summed E-state index contributed by atoms with van der Waals surface area (Å²) < 4.78 is 0. The fourth-order valence-corrected chi connectivity index (χ4v) is 2.10. The first-order valence-electron chi connectivity index (χ1n) is 5.08. The van der Waals surface area contributed by atoms with E-state index in [1.165, 1.54) is 36.1 Å². The highest BCUT2D eigenvalue weighted by molar-refractivity contribution is 5.35. The second kappa shape index (κ2) is 3.51. The minimum atomic E-state index is 0.611. The van der Waals surface area contributed by atoms with Crippen molar-refractivity contribution in [3.63, 3.8) is 0 Å². The molecule has 0 aliphatic carbocycles. The Hall–Kier alpha value is -0.820. The Morgan fingerprint density at radius 1 is 1.31 bits per heavy atom. The van der Waals surface area contributed by atoms with Crippen LogP contribution in [0.3, 0.4) is 0 Å². The van der Waals surface area contributed by atoms with Crippen molar-refractivity contribution in [3.05, 3.63) is 34.9 Å². The summed E-state index contributed by atoms with van der Waals surface area (Å²) in [6.45, 7) is 5.59. The van der Waals surface area contributed by atoms with Gasteiger partial charge in [0.1, 0.15) is 0 Å². The van der Waals surface area contributed by atoms with Crippen LogP contribution in [-0.4, -0.2) is 6.54 Å². The summed E-state index contributed by atoms with van der Waals surface area (Å²) in [4.78, 5) is 0. The molecule has 1 aliphatic rings. The Bertz CT molecular complexity index is 298. The summed E-state index contributed by atoms with van der Waals surface area (Å²) in [7, 11) is 0. The van der Waals surface area contributed by atoms with Gasteiger partial charge in [-0.1, -0.05) is 18.2 Å². The molecule has 1 atom stereocenters. The van der Waals surface area contributed by atoms with Crippen molar-refractivity contribution in [2.75, 3.05) is 6.54 Å². The van der Waals surface area contributed by atoms with Gasteiger partial charge in [-0.05, 0) is 49.9 Å². The molecular weight excluding hydrogens is 158 g/mol. The number of rotatable bonds is 1. The van der Waals surface area contributed by atoms with E-state index in [1.807, 2.05) is 0 Å². The van der Waals surface area contributed by atoms with Crippen molar-refractivity contribution < 1.29 is 0 Å². The van der Waals surface area contributed by atoms with E-state index < -0.39 is 0 Å². The molecule has 0 unspecified atom stereocenters. The quantitative estimate of drug-likeness (QED) is 0.692. The highest BCUT2D eigenvalue weighted by atomic mass is 14.9. The van der Waals surface area contributed by atoms with E-state index >= 15 is 0 Å². The van der Waals surface area contributed by atoms with Crippen LogP contribution in [0.1, 0.15) is 35.6 Å². The molecule has 1 fully saturated rings. The second-order valence-corrected chi connectivity index (χ2v) is 3.94. The minimum absolute atomic E-state index is 0.611. The van der Waals surface area contributed by atoms with Crippen LogP contribution >= 0.6 is 0 Å². The van der Waals surface area contributed by atoms with E-state index in [-0.39, 0.29) is 0 Å². The SMILES string of the molecule is Cc1cccc([C@H]2CCCN2)c1C. The van der Waals surface area contributed by atoms with Crippen LogP contribution in [-0.2, 0) is 0 Å². The first-order valence-corrected chi connectivity index (χ1v) is 5.08. The minimum Gasteiger partial charge on any atom is -0.310 e. The summed E-state index contributed by atoms with van der Waals surface area (Å²) in [5.41, 5.74) is 4.37. The zero-order valence-corrected chi connectivity index (χ0v) is 8.43. The van der Waals surface area contributed by atoms with E-state index in [0.29, 0.717) is 6.04 Å². The topological polar surface area (TPSA) is 12.0 Å². The maximum Gasteiger partial charge on any atom is 0.0323 e. The molecule has 2 rings (SSSR count). The molecule has 1 nitrogen and oxygen atoms in total. The molecule has 1 aliphatic heterocycles. The third kappa shape index (κ3) is 1.61. The third-order valence-electron chi connectivity index (χ3n) is 3.08. The lowest BCUT2D eigenvalue weighted by molar-refractivity contribution is 0.643. The van der Waals surface area contributed by atoms with Crippen molar-refractivity contribution in [3.8, 4) is 0 Å². The van der Waals surface area contributed by atoms with E-state index in [4.69, 9.17) is 0 Å². The van der Waals surface area contributed by atoms with Gasteiger partial charge in [0.25, 0.3) is 0 Å². The summed E-state index contributed by atoms with van der Waals surface area (Å²) >= 11 is 0. The fourth-order valence-electron chi connectivity index (χ4n) is 2.10. The monoisotopic (exact) mass is 175 g/mol. The smallest absolute Gasteiger partial charge is 0.0323 e. The van der Waals surface area contributed by atoms with Gasteiger partial charge in [0.05, 0.1) is 0 Å². The molecule has 0 saturated carbocycles. The van der Waals surface area contributed by atoms with Gasteiger partial charge in [0, 0.05) is 6.04 Å². The van der Waals surface area contributed by atoms with Gasteiger partial charge < -0.3 is 5.32 Å². The maximum atomic E-state index is 3.54. The van der Waals surface area contributed by atoms with Crippen molar-refractivity contribution in [2.45, 2.75) is 32.7 Å². The number of nitrogens with one attached hydrogen (secondary N) is 1. The highest BCUT2D eigenvalue weighted by Crippen LogP contribution is 2.26. The van der Waals surface area contributed by atoms with E-state index in [1.54, 1.807) is 0 Å². The third-order valence-corrected chi connectivity index (χ3v) is 3.08. The molecule has 1 aromatic rings. The van der Waals surface area contributed by atoms with Gasteiger partial charge in [-0.15, -0.1) is 0 Å². The normalized spacial score (nSPS) is 22.2. The lowest BCUT2D eigenvalue weighted by Gasteiger charge is -2.15. The van der Waals surface area contributed by atoms with Crippen molar-refractivity contribution in [1.82, 2.24) is 5.32 Å². The Balaban J connectivity index is 2.33. The molecule has 0 bridgehead atoms. The van der Waals surface area contributed by atoms with Crippen LogP contribution < -0.4 is 5.32 Å². The number of benzene rings is 1. The Kier molecular flexibility index (Phi) is 2.36. The molecule has 70 valence electrons. The predicted octanol–water partition coefficient (Wildman–Crippen LogP) is 2.73. The first-order chi connectivity index (χ1) is 6.29. The molecule has 1 aromatic carbocycles. The molecular formula is C12H17N. The summed E-state index contributed by atoms with van der Waals surface area (Å²) in [5.74, 6) is 0. The molecule has 0 amide bonds. The van der Waals surface area contributed by atoms with Crippen LogP contribution in [0.2, 0.25) is 0 Å². The standard InChI is InChI=1S/C12H17N/c1-9-5-3-6-11(10(9)2)12-7-4-8-13-12/h3,5-6,12-13H,4,7-8H2,1-2H3/t12-/m1/s1. The second-order valence-electron chi connectivity index (χ2n) is 3.94. The van der Waals surface area contributed by atoms with Crippen LogP contribution in [0.5, 0.6) is 0 Å². The van der Waals surface area contributed by atoms with Crippen molar-refractivity contribution >= 4 is 0 Å². The van der Waals surface area contributed by atoms with E-state index in [0.717, 1.165) is 0 Å². The first kappa shape index (κ1) is 8.76. The van der Waals surface area contributed by atoms with Crippen LogP contribution in [0.25, 0.3) is 0 Å².